The molecule has 0 fully saturated rings. The molecule has 0 saturated heterocycles. The lowest BCUT2D eigenvalue weighted by atomic mass is 9.77. The van der Waals surface area contributed by atoms with Crippen LogP contribution in [0.5, 0.6) is 5.75 Å². The van der Waals surface area contributed by atoms with E-state index in [1.807, 2.05) is 87.9 Å². The number of allylic oxidation sites excluding steroid dienone is 1. The van der Waals surface area contributed by atoms with Crippen molar-refractivity contribution in [3.05, 3.63) is 76.3 Å². The van der Waals surface area contributed by atoms with E-state index in [1.165, 1.54) is 70.6 Å². The van der Waals surface area contributed by atoms with Crippen LogP contribution < -0.4 is 15.0 Å². The van der Waals surface area contributed by atoms with Crippen LogP contribution in [0, 0.1) is 0 Å². The molecule has 2 unspecified atom stereocenters. The topological polar surface area (TPSA) is 80.3 Å². The number of para-hydroxylation sites is 2. The van der Waals surface area contributed by atoms with Crippen LogP contribution in [0.25, 0.3) is 0 Å². The Morgan fingerprint density at radius 1 is 0.774 bits per heavy atom. The van der Waals surface area contributed by atoms with Crippen LogP contribution in [-0.2, 0) is 25.5 Å². The number of nitrogens with zero attached hydrogens (tertiary/aromatic N) is 2. The van der Waals surface area contributed by atoms with Gasteiger partial charge >= 0.3 is 11.9 Å². The van der Waals surface area contributed by atoms with Gasteiger partial charge in [0.2, 0.25) is 0 Å². The number of hydrogen-bond donors (Lipinski definition) is 2. The first kappa shape index (κ1) is 42.2. The molecule has 53 heavy (non-hydrogen) atoms. The molecule has 0 aromatic heterocycles. The Balaban J connectivity index is 1.71. The Kier molecular flexibility index (Phi) is 16.5. The molecule has 0 spiro atoms. The summed E-state index contributed by atoms with van der Waals surface area (Å²) in [5.41, 5.74) is 4.54. The number of esters is 2. The largest absolute Gasteiger partial charge is 0.496 e. The second-order valence-electron chi connectivity index (χ2n) is 15.1. The molecule has 2 aromatic rings. The number of nitrogens with one attached hydrogen (secondary N) is 1. The molecule has 4 rings (SSSR count). The average Bonchev–Trinajstić information content (AvgIpc) is 3.45. The average molecular weight is 748 g/mol. The van der Waals surface area contributed by atoms with Crippen LogP contribution in [0.1, 0.15) is 142 Å². The highest BCUT2D eigenvalue weighted by Gasteiger charge is 2.47. The van der Waals surface area contributed by atoms with Crippen LogP contribution >= 0.6 is 12.6 Å². The lowest BCUT2D eigenvalue weighted by Gasteiger charge is -2.42. The summed E-state index contributed by atoms with van der Waals surface area (Å²) < 4.78 is 18.0. The zero-order valence-corrected chi connectivity index (χ0v) is 34.5. The second kappa shape index (κ2) is 20.8. The molecule has 0 amide bonds. The fourth-order valence-electron chi connectivity index (χ4n) is 7.63. The highest BCUT2D eigenvalue weighted by molar-refractivity contribution is 7.81. The molecule has 2 atom stereocenters. The van der Waals surface area contributed by atoms with Gasteiger partial charge in [-0.15, -0.1) is 12.6 Å². The molecule has 0 bridgehead atoms. The maximum Gasteiger partial charge on any atom is 0.338 e. The predicted octanol–water partition coefficient (Wildman–Crippen LogP) is 10.9. The van der Waals surface area contributed by atoms with E-state index < -0.39 is 23.4 Å². The number of anilines is 2. The lowest BCUT2D eigenvalue weighted by molar-refractivity contribution is -0.143. The number of benzene rings is 2. The van der Waals surface area contributed by atoms with Gasteiger partial charge in [0.15, 0.2) is 5.50 Å². The molecule has 8 nitrogen and oxygen atoms in total. The number of rotatable bonds is 21. The van der Waals surface area contributed by atoms with Gasteiger partial charge in [-0.1, -0.05) is 108 Å². The summed E-state index contributed by atoms with van der Waals surface area (Å²) in [5.74, 6) is -0.582. The maximum atomic E-state index is 14.6. The van der Waals surface area contributed by atoms with Gasteiger partial charge in [0, 0.05) is 18.3 Å². The Morgan fingerprint density at radius 3 is 1.89 bits per heavy atom. The van der Waals surface area contributed by atoms with Gasteiger partial charge in [0.1, 0.15) is 11.6 Å². The van der Waals surface area contributed by atoms with Gasteiger partial charge in [-0.2, -0.15) is 0 Å². The Labute approximate surface area is 325 Å². The van der Waals surface area contributed by atoms with E-state index in [0.29, 0.717) is 28.4 Å². The molecule has 292 valence electrons. The fraction of sp³-hybridized carbons (Fsp3) is 0.591. The third-order valence-corrected chi connectivity index (χ3v) is 10.6. The number of aryl methyl sites for hydroxylation is 1. The van der Waals surface area contributed by atoms with E-state index >= 15 is 0 Å². The quantitative estimate of drug-likeness (QED) is 0.0742. The third-order valence-electron chi connectivity index (χ3n) is 10.3. The summed E-state index contributed by atoms with van der Waals surface area (Å²) in [6, 6.07) is 14.0. The molecule has 0 aliphatic carbocycles. The van der Waals surface area contributed by atoms with Crippen LogP contribution in [0.2, 0.25) is 0 Å². The fourth-order valence-corrected chi connectivity index (χ4v) is 8.00. The number of methoxy groups -OCH3 is 1. The SMILES string of the molecule is CCCCCCCCCCCCCCCc1cccc(OC)c1C1C(C(=O)OC(C)C)=C(C)N(C)C(N2c3ccccc3NC2S)=C1C(=O)OC(C)C. The minimum absolute atomic E-state index is 0.344. The number of thiol groups is 1. The summed E-state index contributed by atoms with van der Waals surface area (Å²) in [4.78, 5) is 32.8. The van der Waals surface area contributed by atoms with Crippen molar-refractivity contribution < 1.29 is 23.8 Å². The maximum absolute atomic E-state index is 14.6. The van der Waals surface area contributed by atoms with Crippen LogP contribution in [0.3, 0.4) is 0 Å². The molecule has 0 saturated carbocycles. The predicted molar refractivity (Wildman–Crippen MR) is 220 cm³/mol. The van der Waals surface area contributed by atoms with Crippen molar-refractivity contribution in [3.63, 3.8) is 0 Å². The van der Waals surface area contributed by atoms with E-state index in [2.05, 4.69) is 18.3 Å². The van der Waals surface area contributed by atoms with Crippen LogP contribution in [-0.4, -0.2) is 48.7 Å². The smallest absolute Gasteiger partial charge is 0.338 e. The number of unbranched alkanes of at least 4 members (excludes halogenated alkanes) is 12. The molecule has 2 aromatic carbocycles. The van der Waals surface area contributed by atoms with Crippen LogP contribution in [0.4, 0.5) is 11.4 Å². The minimum Gasteiger partial charge on any atom is -0.496 e. The summed E-state index contributed by atoms with van der Waals surface area (Å²) in [6.45, 7) is 11.5. The zero-order valence-electron chi connectivity index (χ0n) is 33.6. The summed E-state index contributed by atoms with van der Waals surface area (Å²) in [5, 5.41) is 3.44. The first-order valence-corrected chi connectivity index (χ1v) is 20.6. The van der Waals surface area contributed by atoms with Gasteiger partial charge in [-0.05, 0) is 71.2 Å². The molecular weight excluding hydrogens is 683 g/mol. The van der Waals surface area contributed by atoms with Crippen molar-refractivity contribution in [2.75, 3.05) is 24.4 Å². The molecule has 2 aliphatic heterocycles. The Bertz CT molecular complexity index is 1580. The standard InChI is InChI=1S/C44H65N3O5S/c1-9-10-11-12-13-14-15-16-17-18-19-20-21-25-33-26-24-29-36(50-8)38(33)39-37(42(48)51-30(2)3)32(6)46(7)41(40(39)43(49)52-31(4)5)47-35-28-23-22-27-34(35)45-44(47)53/h22-24,26-31,39,44-45,53H,9-21,25H2,1-8H3. The number of ether oxygens (including phenoxy) is 3. The van der Waals surface area contributed by atoms with Crippen molar-refractivity contribution in [3.8, 4) is 5.75 Å². The van der Waals surface area contributed by atoms with E-state index in [1.54, 1.807) is 7.11 Å². The van der Waals surface area contributed by atoms with E-state index in [9.17, 15) is 9.59 Å². The van der Waals surface area contributed by atoms with E-state index in [4.69, 9.17) is 26.8 Å². The highest BCUT2D eigenvalue weighted by atomic mass is 32.1. The van der Waals surface area contributed by atoms with Gasteiger partial charge in [-0.25, -0.2) is 9.59 Å². The van der Waals surface area contributed by atoms with Gasteiger partial charge in [0.25, 0.3) is 0 Å². The minimum atomic E-state index is -0.819. The molecular formula is C44H65N3O5S. The van der Waals surface area contributed by atoms with Gasteiger partial charge < -0.3 is 24.4 Å². The number of carbonyl (C=O) groups is 2. The molecule has 2 aliphatic rings. The second-order valence-corrected chi connectivity index (χ2v) is 15.6. The highest BCUT2D eigenvalue weighted by Crippen LogP contribution is 2.50. The van der Waals surface area contributed by atoms with Gasteiger partial charge in [0.05, 0.1) is 47.8 Å². The van der Waals surface area contributed by atoms with Crippen LogP contribution in [0.15, 0.2) is 65.1 Å². The molecule has 9 heteroatoms. The number of hydrogen-bond acceptors (Lipinski definition) is 9. The van der Waals surface area contributed by atoms with Gasteiger partial charge in [-0.3, -0.25) is 4.90 Å². The molecule has 1 N–H and O–H groups in total. The van der Waals surface area contributed by atoms with Crippen molar-refractivity contribution in [1.82, 2.24) is 4.90 Å². The zero-order chi connectivity index (χ0) is 38.5. The summed E-state index contributed by atoms with van der Waals surface area (Å²) in [7, 11) is 3.52. The van der Waals surface area contributed by atoms with Crippen molar-refractivity contribution in [1.29, 1.82) is 0 Å². The first-order chi connectivity index (χ1) is 25.5. The van der Waals surface area contributed by atoms with E-state index in [0.717, 1.165) is 41.8 Å². The number of carbonyl (C=O) groups excluding carboxylic acids is 2. The van der Waals surface area contributed by atoms with Crippen molar-refractivity contribution >= 4 is 35.9 Å². The molecule has 2 heterocycles. The Hall–Kier alpha value is -3.59. The first-order valence-electron chi connectivity index (χ1n) is 20.1. The number of fused-ring (bicyclic) bond motifs is 1. The summed E-state index contributed by atoms with van der Waals surface area (Å²) in [6.07, 6.45) is 16.7. The monoisotopic (exact) mass is 747 g/mol. The summed E-state index contributed by atoms with van der Waals surface area (Å²) >= 11 is 4.96. The van der Waals surface area contributed by atoms with Crippen molar-refractivity contribution in [2.45, 2.75) is 155 Å². The van der Waals surface area contributed by atoms with E-state index in [-0.39, 0.29) is 12.2 Å². The normalized spacial score (nSPS) is 17.1. The van der Waals surface area contributed by atoms with Crippen molar-refractivity contribution in [2.24, 2.45) is 0 Å². The lowest BCUT2D eigenvalue weighted by Crippen LogP contribution is -2.44. The molecule has 0 radical (unpaired) electrons. The third kappa shape index (κ3) is 10.8. The Morgan fingerprint density at radius 2 is 1.32 bits per heavy atom.